The van der Waals surface area contributed by atoms with Gasteiger partial charge in [0.1, 0.15) is 0 Å². The van der Waals surface area contributed by atoms with E-state index in [9.17, 15) is 13.2 Å². The zero-order chi connectivity index (χ0) is 18.7. The highest BCUT2D eigenvalue weighted by molar-refractivity contribution is 7.92. The molecule has 3 aromatic carbocycles. The second kappa shape index (κ2) is 7.17. The average molecular weight is 368 g/mol. The maximum Gasteiger partial charge on any atom is 0.248 e. The highest BCUT2D eigenvalue weighted by Gasteiger charge is 2.19. The minimum Gasteiger partial charge on any atom is -0.366 e. The summed E-state index contributed by atoms with van der Waals surface area (Å²) in [5, 5.41) is 2.15. The number of hydrogen-bond acceptors (Lipinski definition) is 3. The summed E-state index contributed by atoms with van der Waals surface area (Å²) in [6.07, 6.45) is 0.406. The first kappa shape index (κ1) is 17.9. The number of sulfonamides is 1. The lowest BCUT2D eigenvalue weighted by molar-refractivity contribution is 0.100. The summed E-state index contributed by atoms with van der Waals surface area (Å²) >= 11 is 0. The third-order valence-electron chi connectivity index (χ3n) is 4.42. The Bertz CT molecular complexity index is 1060. The molecule has 0 saturated carbocycles. The van der Waals surface area contributed by atoms with Crippen molar-refractivity contribution in [1.82, 2.24) is 0 Å². The number of hydrogen-bond donors (Lipinski definition) is 1. The molecule has 1 amide bonds. The number of benzene rings is 3. The van der Waals surface area contributed by atoms with Gasteiger partial charge in [-0.25, -0.2) is 8.42 Å². The van der Waals surface area contributed by atoms with Gasteiger partial charge in [0.15, 0.2) is 0 Å². The van der Waals surface area contributed by atoms with E-state index in [0.717, 1.165) is 16.3 Å². The number of fused-ring (bicyclic) bond motifs is 1. The maximum absolute atomic E-state index is 12.7. The van der Waals surface area contributed by atoms with Crippen molar-refractivity contribution < 1.29 is 13.2 Å². The Morgan fingerprint density at radius 1 is 1.00 bits per heavy atom. The standard InChI is InChI=1S/C20H20N2O3S/c1-22(18-10-5-9-17(14-18)20(21)23)26(24,25)13-12-16-8-4-7-15-6-2-3-11-19(15)16/h2-11,14H,12-13H2,1H3,(H2,21,23). The highest BCUT2D eigenvalue weighted by Crippen LogP contribution is 2.22. The number of rotatable bonds is 6. The van der Waals surface area contributed by atoms with Crippen molar-refractivity contribution >= 4 is 32.4 Å². The molecule has 2 N–H and O–H groups in total. The van der Waals surface area contributed by atoms with Gasteiger partial charge in [-0.1, -0.05) is 48.5 Å². The SMILES string of the molecule is CN(c1cccc(C(N)=O)c1)S(=O)(=O)CCc1cccc2ccccc12. The van der Waals surface area contributed by atoms with Gasteiger partial charge in [0.2, 0.25) is 15.9 Å². The fraction of sp³-hybridized carbons (Fsp3) is 0.150. The molecular weight excluding hydrogens is 348 g/mol. The van der Waals surface area contributed by atoms with Crippen molar-refractivity contribution in [2.45, 2.75) is 6.42 Å². The smallest absolute Gasteiger partial charge is 0.248 e. The number of primary amides is 1. The molecule has 0 saturated heterocycles. The Balaban J connectivity index is 1.82. The summed E-state index contributed by atoms with van der Waals surface area (Å²) in [5.41, 5.74) is 6.96. The summed E-state index contributed by atoms with van der Waals surface area (Å²) in [6.45, 7) is 0. The molecule has 0 atom stereocenters. The van der Waals surface area contributed by atoms with Crippen LogP contribution in [-0.4, -0.2) is 27.1 Å². The van der Waals surface area contributed by atoms with E-state index in [1.807, 2.05) is 42.5 Å². The van der Waals surface area contributed by atoms with E-state index >= 15 is 0 Å². The molecule has 5 nitrogen and oxygen atoms in total. The molecule has 0 radical (unpaired) electrons. The van der Waals surface area contributed by atoms with Crippen LogP contribution in [-0.2, 0) is 16.4 Å². The van der Waals surface area contributed by atoms with Gasteiger partial charge in [-0.15, -0.1) is 0 Å². The Hall–Kier alpha value is -2.86. The summed E-state index contributed by atoms with van der Waals surface area (Å²) in [5.74, 6) is -0.619. The van der Waals surface area contributed by atoms with Crippen LogP contribution in [0.3, 0.4) is 0 Å². The topological polar surface area (TPSA) is 80.5 Å². The van der Waals surface area contributed by atoms with Crippen LogP contribution in [0.15, 0.2) is 66.7 Å². The van der Waals surface area contributed by atoms with E-state index in [2.05, 4.69) is 0 Å². The minimum absolute atomic E-state index is 0.0295. The second-order valence-corrected chi connectivity index (χ2v) is 8.21. The predicted octanol–water partition coefficient (Wildman–Crippen LogP) is 2.95. The van der Waals surface area contributed by atoms with Crippen molar-refractivity contribution in [2.24, 2.45) is 5.73 Å². The summed E-state index contributed by atoms with van der Waals surface area (Å²) < 4.78 is 26.7. The largest absolute Gasteiger partial charge is 0.366 e. The number of carbonyl (C=O) groups is 1. The molecule has 134 valence electrons. The lowest BCUT2D eigenvalue weighted by Crippen LogP contribution is -2.30. The van der Waals surface area contributed by atoms with Gasteiger partial charge in [-0.3, -0.25) is 9.10 Å². The summed E-state index contributed by atoms with van der Waals surface area (Å²) in [4.78, 5) is 11.3. The fourth-order valence-electron chi connectivity index (χ4n) is 2.90. The molecule has 0 aliphatic heterocycles. The van der Waals surface area contributed by atoms with Crippen molar-refractivity contribution in [3.05, 3.63) is 77.9 Å². The molecule has 0 aliphatic rings. The van der Waals surface area contributed by atoms with Gasteiger partial charge in [0.05, 0.1) is 11.4 Å². The summed E-state index contributed by atoms with van der Waals surface area (Å²) in [7, 11) is -2.06. The van der Waals surface area contributed by atoms with Crippen LogP contribution in [0, 0.1) is 0 Å². The van der Waals surface area contributed by atoms with Crippen molar-refractivity contribution in [3.8, 4) is 0 Å². The van der Waals surface area contributed by atoms with Gasteiger partial charge in [-0.2, -0.15) is 0 Å². The number of nitrogens with two attached hydrogens (primary N) is 1. The zero-order valence-corrected chi connectivity index (χ0v) is 15.2. The molecule has 6 heteroatoms. The average Bonchev–Trinajstić information content (AvgIpc) is 2.65. The molecule has 0 aliphatic carbocycles. The molecule has 0 heterocycles. The van der Waals surface area contributed by atoms with E-state index in [1.165, 1.54) is 17.4 Å². The Morgan fingerprint density at radius 3 is 2.46 bits per heavy atom. The van der Waals surface area contributed by atoms with Gasteiger partial charge in [0, 0.05) is 12.6 Å². The molecule has 0 spiro atoms. The number of aryl methyl sites for hydroxylation is 1. The fourth-order valence-corrected chi connectivity index (χ4v) is 4.09. The van der Waals surface area contributed by atoms with E-state index in [4.69, 9.17) is 5.73 Å². The van der Waals surface area contributed by atoms with Gasteiger partial charge >= 0.3 is 0 Å². The zero-order valence-electron chi connectivity index (χ0n) is 14.4. The lowest BCUT2D eigenvalue weighted by Gasteiger charge is -2.20. The minimum atomic E-state index is -3.54. The third-order valence-corrected chi connectivity index (χ3v) is 6.19. The Kier molecular flexibility index (Phi) is 4.95. The molecule has 3 rings (SSSR count). The normalized spacial score (nSPS) is 11.4. The molecule has 0 aromatic heterocycles. The van der Waals surface area contributed by atoms with Crippen LogP contribution in [0.1, 0.15) is 15.9 Å². The van der Waals surface area contributed by atoms with Crippen molar-refractivity contribution in [1.29, 1.82) is 0 Å². The summed E-state index contributed by atoms with van der Waals surface area (Å²) in [6, 6.07) is 20.1. The van der Waals surface area contributed by atoms with Crippen LogP contribution in [0.5, 0.6) is 0 Å². The number of carbonyl (C=O) groups excluding carboxylic acids is 1. The van der Waals surface area contributed by atoms with Crippen molar-refractivity contribution in [2.75, 3.05) is 17.1 Å². The van der Waals surface area contributed by atoms with E-state index < -0.39 is 15.9 Å². The highest BCUT2D eigenvalue weighted by atomic mass is 32.2. The number of nitrogens with zero attached hydrogens (tertiary/aromatic N) is 1. The van der Waals surface area contributed by atoms with Crippen molar-refractivity contribution in [3.63, 3.8) is 0 Å². The number of anilines is 1. The van der Waals surface area contributed by atoms with E-state index in [0.29, 0.717) is 12.1 Å². The van der Waals surface area contributed by atoms with E-state index in [1.54, 1.807) is 18.2 Å². The molecule has 3 aromatic rings. The third kappa shape index (κ3) is 3.70. The first-order valence-corrected chi connectivity index (χ1v) is 9.82. The second-order valence-electron chi connectivity index (χ2n) is 6.09. The molecule has 0 fully saturated rings. The quantitative estimate of drug-likeness (QED) is 0.726. The molecule has 26 heavy (non-hydrogen) atoms. The van der Waals surface area contributed by atoms with Gasteiger partial charge < -0.3 is 5.73 Å². The maximum atomic E-state index is 12.7. The first-order chi connectivity index (χ1) is 12.4. The molecule has 0 unspecified atom stereocenters. The van der Waals surface area contributed by atoms with Crippen LogP contribution in [0.4, 0.5) is 5.69 Å². The lowest BCUT2D eigenvalue weighted by atomic mass is 10.0. The van der Waals surface area contributed by atoms with E-state index in [-0.39, 0.29) is 11.3 Å². The van der Waals surface area contributed by atoms with Gasteiger partial charge in [0.25, 0.3) is 0 Å². The predicted molar refractivity (Wildman–Crippen MR) is 105 cm³/mol. The number of amides is 1. The monoisotopic (exact) mass is 368 g/mol. The molecular formula is C20H20N2O3S. The van der Waals surface area contributed by atoms with Gasteiger partial charge in [-0.05, 0) is 41.0 Å². The van der Waals surface area contributed by atoms with Crippen LogP contribution >= 0.6 is 0 Å². The Morgan fingerprint density at radius 2 is 1.69 bits per heavy atom. The molecule has 0 bridgehead atoms. The van der Waals surface area contributed by atoms with Crippen LogP contribution < -0.4 is 10.0 Å². The van der Waals surface area contributed by atoms with Crippen LogP contribution in [0.25, 0.3) is 10.8 Å². The first-order valence-electron chi connectivity index (χ1n) is 8.21. The Labute approximate surface area is 153 Å². The van der Waals surface area contributed by atoms with Crippen LogP contribution in [0.2, 0.25) is 0 Å².